The Labute approximate surface area is 123 Å². The van der Waals surface area contributed by atoms with Gasteiger partial charge in [-0.05, 0) is 18.3 Å². The Morgan fingerprint density at radius 1 is 1.30 bits per heavy atom. The van der Waals surface area contributed by atoms with Crippen LogP contribution in [-0.2, 0) is 18.4 Å². The first-order valence-electron chi connectivity index (χ1n) is 8.12. The molecule has 1 aromatic rings. The van der Waals surface area contributed by atoms with E-state index in [4.69, 9.17) is 4.98 Å². The van der Waals surface area contributed by atoms with Gasteiger partial charge in [0.25, 0.3) is 0 Å². The first-order chi connectivity index (χ1) is 9.31. The van der Waals surface area contributed by atoms with Gasteiger partial charge in [0.05, 0.1) is 5.69 Å². The molecule has 2 aliphatic rings. The van der Waals surface area contributed by atoms with Crippen LogP contribution in [0.1, 0.15) is 77.1 Å². The number of hydrogen-bond acceptors (Lipinski definition) is 2. The van der Waals surface area contributed by atoms with Gasteiger partial charge in [0.1, 0.15) is 5.82 Å². The number of nitrogens with one attached hydrogen (secondary N) is 1. The van der Waals surface area contributed by atoms with E-state index < -0.39 is 0 Å². The van der Waals surface area contributed by atoms with Gasteiger partial charge in [-0.2, -0.15) is 0 Å². The zero-order valence-corrected chi connectivity index (χ0v) is 13.7. The zero-order valence-electron chi connectivity index (χ0n) is 13.7. The largest absolute Gasteiger partial charge is 0.328 e. The highest BCUT2D eigenvalue weighted by Gasteiger charge is 2.40. The van der Waals surface area contributed by atoms with Crippen LogP contribution in [0.2, 0.25) is 0 Å². The standard InChI is InChI=1S/C17H29N3/c1-16(2,3)15-19-12-11-18-10-8-13(12)20(15)14-7-6-9-17(14,4)5/h14,18H,6-11H2,1-5H3. The van der Waals surface area contributed by atoms with Gasteiger partial charge in [-0.15, -0.1) is 0 Å². The van der Waals surface area contributed by atoms with Gasteiger partial charge in [0.15, 0.2) is 0 Å². The third kappa shape index (κ3) is 2.20. The van der Waals surface area contributed by atoms with E-state index in [1.54, 1.807) is 0 Å². The van der Waals surface area contributed by atoms with Gasteiger partial charge >= 0.3 is 0 Å². The average molecular weight is 275 g/mol. The molecule has 0 spiro atoms. The number of imidazole rings is 1. The van der Waals surface area contributed by atoms with Crippen LogP contribution in [0.3, 0.4) is 0 Å². The summed E-state index contributed by atoms with van der Waals surface area (Å²) in [6, 6.07) is 0.631. The minimum atomic E-state index is 0.121. The van der Waals surface area contributed by atoms with Crippen molar-refractivity contribution in [1.29, 1.82) is 0 Å². The lowest BCUT2D eigenvalue weighted by Crippen LogP contribution is -2.31. The Morgan fingerprint density at radius 3 is 2.65 bits per heavy atom. The van der Waals surface area contributed by atoms with Crippen molar-refractivity contribution >= 4 is 0 Å². The molecule has 1 unspecified atom stereocenters. The minimum absolute atomic E-state index is 0.121. The molecule has 112 valence electrons. The molecule has 20 heavy (non-hydrogen) atoms. The van der Waals surface area contributed by atoms with E-state index in [-0.39, 0.29) is 5.41 Å². The van der Waals surface area contributed by atoms with Crippen LogP contribution in [0.25, 0.3) is 0 Å². The number of hydrogen-bond donors (Lipinski definition) is 1. The van der Waals surface area contributed by atoms with Gasteiger partial charge in [0.2, 0.25) is 0 Å². The van der Waals surface area contributed by atoms with Crippen LogP contribution < -0.4 is 5.32 Å². The molecule has 0 bridgehead atoms. The summed E-state index contributed by atoms with van der Waals surface area (Å²) in [6.45, 7) is 13.8. The lowest BCUT2D eigenvalue weighted by molar-refractivity contribution is 0.243. The summed E-state index contributed by atoms with van der Waals surface area (Å²) in [4.78, 5) is 5.03. The van der Waals surface area contributed by atoms with E-state index in [0.717, 1.165) is 19.5 Å². The summed E-state index contributed by atoms with van der Waals surface area (Å²) >= 11 is 0. The predicted molar refractivity (Wildman–Crippen MR) is 83.0 cm³/mol. The molecule has 0 amide bonds. The van der Waals surface area contributed by atoms with Gasteiger partial charge in [-0.1, -0.05) is 41.0 Å². The monoisotopic (exact) mass is 275 g/mol. The molecule has 3 rings (SSSR count). The second kappa shape index (κ2) is 4.59. The Morgan fingerprint density at radius 2 is 2.05 bits per heavy atom. The van der Waals surface area contributed by atoms with Gasteiger partial charge in [-0.25, -0.2) is 4.98 Å². The second-order valence-electron chi connectivity index (χ2n) is 8.27. The van der Waals surface area contributed by atoms with Crippen molar-refractivity contribution in [3.63, 3.8) is 0 Å². The highest BCUT2D eigenvalue weighted by Crippen LogP contribution is 2.48. The third-order valence-electron chi connectivity index (χ3n) is 5.11. The maximum absolute atomic E-state index is 5.03. The maximum atomic E-state index is 5.03. The van der Waals surface area contributed by atoms with Crippen molar-refractivity contribution in [1.82, 2.24) is 14.9 Å². The van der Waals surface area contributed by atoms with E-state index in [9.17, 15) is 0 Å². The third-order valence-corrected chi connectivity index (χ3v) is 5.11. The number of fused-ring (bicyclic) bond motifs is 1. The van der Waals surface area contributed by atoms with Crippen LogP contribution in [0.15, 0.2) is 0 Å². The van der Waals surface area contributed by atoms with Crippen LogP contribution in [-0.4, -0.2) is 16.1 Å². The fourth-order valence-electron chi connectivity index (χ4n) is 3.98. The van der Waals surface area contributed by atoms with E-state index in [1.165, 1.54) is 36.5 Å². The summed E-state index contributed by atoms with van der Waals surface area (Å²) in [5.74, 6) is 1.30. The molecule has 1 saturated carbocycles. The lowest BCUT2D eigenvalue weighted by atomic mass is 9.85. The molecule has 0 aromatic carbocycles. The number of nitrogens with zero attached hydrogens (tertiary/aromatic N) is 2. The van der Waals surface area contributed by atoms with Crippen LogP contribution in [0.4, 0.5) is 0 Å². The molecule has 1 fully saturated rings. The van der Waals surface area contributed by atoms with Crippen molar-refractivity contribution in [2.75, 3.05) is 6.54 Å². The molecule has 3 heteroatoms. The van der Waals surface area contributed by atoms with E-state index in [0.29, 0.717) is 11.5 Å². The molecular weight excluding hydrogens is 246 g/mol. The molecule has 1 aromatic heterocycles. The Balaban J connectivity index is 2.14. The van der Waals surface area contributed by atoms with Gasteiger partial charge < -0.3 is 9.88 Å². The van der Waals surface area contributed by atoms with Gasteiger partial charge in [0, 0.05) is 36.7 Å². The molecular formula is C17H29N3. The van der Waals surface area contributed by atoms with E-state index in [1.807, 2.05) is 0 Å². The molecule has 1 aliphatic carbocycles. The highest BCUT2D eigenvalue weighted by atomic mass is 15.2. The molecule has 0 radical (unpaired) electrons. The number of rotatable bonds is 1. The maximum Gasteiger partial charge on any atom is 0.114 e. The van der Waals surface area contributed by atoms with Crippen molar-refractivity contribution in [3.8, 4) is 0 Å². The molecule has 2 heterocycles. The fraction of sp³-hybridized carbons (Fsp3) is 0.824. The molecule has 3 nitrogen and oxygen atoms in total. The summed E-state index contributed by atoms with van der Waals surface area (Å²) in [5, 5.41) is 3.47. The Bertz CT molecular complexity index is 505. The minimum Gasteiger partial charge on any atom is -0.328 e. The molecule has 1 N–H and O–H groups in total. The molecule has 1 atom stereocenters. The smallest absolute Gasteiger partial charge is 0.114 e. The van der Waals surface area contributed by atoms with E-state index in [2.05, 4.69) is 44.5 Å². The zero-order chi connectivity index (χ0) is 14.5. The number of aromatic nitrogens is 2. The van der Waals surface area contributed by atoms with Crippen molar-refractivity contribution in [2.24, 2.45) is 5.41 Å². The quantitative estimate of drug-likeness (QED) is 0.849. The second-order valence-corrected chi connectivity index (χ2v) is 8.27. The Kier molecular flexibility index (Phi) is 3.24. The summed E-state index contributed by atoms with van der Waals surface area (Å²) in [6.07, 6.45) is 5.14. The summed E-state index contributed by atoms with van der Waals surface area (Å²) < 4.78 is 2.64. The van der Waals surface area contributed by atoms with Crippen molar-refractivity contribution in [2.45, 2.75) is 78.3 Å². The first-order valence-corrected chi connectivity index (χ1v) is 8.12. The van der Waals surface area contributed by atoms with Gasteiger partial charge in [-0.3, -0.25) is 0 Å². The van der Waals surface area contributed by atoms with Crippen LogP contribution in [0.5, 0.6) is 0 Å². The fourth-order valence-corrected chi connectivity index (χ4v) is 3.98. The average Bonchev–Trinajstić information content (AvgIpc) is 2.88. The highest BCUT2D eigenvalue weighted by molar-refractivity contribution is 5.25. The lowest BCUT2D eigenvalue weighted by Gasteiger charge is -2.34. The van der Waals surface area contributed by atoms with E-state index >= 15 is 0 Å². The normalized spacial score (nSPS) is 25.8. The van der Waals surface area contributed by atoms with Crippen molar-refractivity contribution < 1.29 is 0 Å². The predicted octanol–water partition coefficient (Wildman–Crippen LogP) is 3.58. The Hall–Kier alpha value is -0.830. The summed E-state index contributed by atoms with van der Waals surface area (Å²) in [5.41, 5.74) is 3.33. The first kappa shape index (κ1) is 14.1. The SMILES string of the molecule is CC(C)(C)c1nc2c(n1C1CCCC1(C)C)CCNC2. The topological polar surface area (TPSA) is 29.9 Å². The van der Waals surface area contributed by atoms with Crippen molar-refractivity contribution in [3.05, 3.63) is 17.2 Å². The van der Waals surface area contributed by atoms with Crippen LogP contribution in [0, 0.1) is 5.41 Å². The van der Waals surface area contributed by atoms with Crippen LogP contribution >= 0.6 is 0 Å². The molecule has 0 saturated heterocycles. The molecule has 1 aliphatic heterocycles. The summed E-state index contributed by atoms with van der Waals surface area (Å²) in [7, 11) is 0.